The van der Waals surface area contributed by atoms with Gasteiger partial charge < -0.3 is 5.73 Å². The second kappa shape index (κ2) is 6.25. The summed E-state index contributed by atoms with van der Waals surface area (Å²) in [5.74, 6) is 1.73. The van der Waals surface area contributed by atoms with Crippen molar-refractivity contribution >= 4 is 18.2 Å². The highest BCUT2D eigenvalue weighted by atomic mass is 35.5. The van der Waals surface area contributed by atoms with Gasteiger partial charge in [-0.15, -0.1) is 12.4 Å². The minimum Gasteiger partial charge on any atom is -0.387 e. The maximum absolute atomic E-state index is 7.33. The van der Waals surface area contributed by atoms with E-state index >= 15 is 0 Å². The van der Waals surface area contributed by atoms with Crippen molar-refractivity contribution in [2.75, 3.05) is 0 Å². The fourth-order valence-electron chi connectivity index (χ4n) is 2.17. The lowest BCUT2D eigenvalue weighted by Crippen LogP contribution is -2.26. The third-order valence-corrected chi connectivity index (χ3v) is 2.98. The maximum Gasteiger partial charge on any atom is 0.0936 e. The van der Waals surface area contributed by atoms with E-state index in [1.54, 1.807) is 0 Å². The van der Waals surface area contributed by atoms with Gasteiger partial charge in [-0.05, 0) is 31.6 Å². The van der Waals surface area contributed by atoms with E-state index in [0.717, 1.165) is 18.8 Å². The Morgan fingerprint density at radius 2 is 1.85 bits per heavy atom. The average molecular weight is 205 g/mol. The van der Waals surface area contributed by atoms with E-state index in [2.05, 4.69) is 6.92 Å². The lowest BCUT2D eigenvalue weighted by Gasteiger charge is -2.27. The van der Waals surface area contributed by atoms with Crippen molar-refractivity contribution in [2.45, 2.75) is 45.4 Å². The molecule has 3 heteroatoms. The monoisotopic (exact) mass is 204 g/mol. The van der Waals surface area contributed by atoms with Crippen LogP contribution >= 0.6 is 12.4 Å². The molecule has 0 aromatic heterocycles. The Hall–Kier alpha value is -0.240. The Labute approximate surface area is 87.2 Å². The topological polar surface area (TPSA) is 49.9 Å². The molecule has 0 aromatic rings. The standard InChI is InChI=1S/C10H20N2.ClH/c1-2-3-8-4-6-9(7-5-8)10(11)12;/h8-9H,2-7H2,1H3,(H3,11,12);1H/t8-,9-;. The van der Waals surface area contributed by atoms with Gasteiger partial charge in [0.15, 0.2) is 0 Å². The summed E-state index contributed by atoms with van der Waals surface area (Å²) in [6, 6.07) is 0. The highest BCUT2D eigenvalue weighted by Gasteiger charge is 2.21. The third-order valence-electron chi connectivity index (χ3n) is 2.98. The number of rotatable bonds is 3. The van der Waals surface area contributed by atoms with Gasteiger partial charge in [0.25, 0.3) is 0 Å². The first-order valence-electron chi connectivity index (χ1n) is 5.08. The number of nitrogens with one attached hydrogen (secondary N) is 1. The molecule has 0 aromatic carbocycles. The predicted octanol–water partition coefficient (Wildman–Crippen LogP) is 2.95. The van der Waals surface area contributed by atoms with Crippen molar-refractivity contribution in [3.05, 3.63) is 0 Å². The van der Waals surface area contributed by atoms with Gasteiger partial charge in [0.2, 0.25) is 0 Å². The molecule has 1 fully saturated rings. The summed E-state index contributed by atoms with van der Waals surface area (Å²) in [6.07, 6.45) is 7.55. The molecule has 0 saturated heterocycles. The van der Waals surface area contributed by atoms with Crippen LogP contribution < -0.4 is 5.73 Å². The molecule has 0 bridgehead atoms. The smallest absolute Gasteiger partial charge is 0.0936 e. The maximum atomic E-state index is 7.33. The highest BCUT2D eigenvalue weighted by Crippen LogP contribution is 2.31. The van der Waals surface area contributed by atoms with Crippen LogP contribution in [-0.4, -0.2) is 5.84 Å². The average Bonchev–Trinajstić information content (AvgIpc) is 2.06. The molecule has 0 amide bonds. The number of hydrogen-bond donors (Lipinski definition) is 2. The Kier molecular flexibility index (Phi) is 6.13. The van der Waals surface area contributed by atoms with Crippen LogP contribution in [0.15, 0.2) is 0 Å². The van der Waals surface area contributed by atoms with Crippen LogP contribution in [0.2, 0.25) is 0 Å². The largest absolute Gasteiger partial charge is 0.387 e. The van der Waals surface area contributed by atoms with E-state index in [1.165, 1.54) is 25.7 Å². The Morgan fingerprint density at radius 3 is 2.23 bits per heavy atom. The second-order valence-electron chi connectivity index (χ2n) is 3.96. The molecule has 1 rings (SSSR count). The zero-order chi connectivity index (χ0) is 8.97. The Bertz CT molecular complexity index is 151. The van der Waals surface area contributed by atoms with Gasteiger partial charge in [0.05, 0.1) is 5.84 Å². The van der Waals surface area contributed by atoms with Gasteiger partial charge in [-0.1, -0.05) is 19.8 Å². The quantitative estimate of drug-likeness (QED) is 0.539. The minimum absolute atomic E-state index is 0. The van der Waals surface area contributed by atoms with E-state index in [1.807, 2.05) is 0 Å². The summed E-state index contributed by atoms with van der Waals surface area (Å²) >= 11 is 0. The summed E-state index contributed by atoms with van der Waals surface area (Å²) < 4.78 is 0. The molecule has 0 radical (unpaired) electrons. The molecule has 78 valence electrons. The predicted molar refractivity (Wildman–Crippen MR) is 59.5 cm³/mol. The van der Waals surface area contributed by atoms with Gasteiger partial charge in [-0.2, -0.15) is 0 Å². The summed E-state index contributed by atoms with van der Waals surface area (Å²) in [5.41, 5.74) is 5.47. The Balaban J connectivity index is 0.00000144. The molecule has 1 aliphatic carbocycles. The zero-order valence-electron chi connectivity index (χ0n) is 8.38. The van der Waals surface area contributed by atoms with E-state index in [9.17, 15) is 0 Å². The van der Waals surface area contributed by atoms with Crippen LogP contribution in [0.25, 0.3) is 0 Å². The van der Waals surface area contributed by atoms with E-state index < -0.39 is 0 Å². The normalized spacial score (nSPS) is 27.8. The lowest BCUT2D eigenvalue weighted by atomic mass is 9.80. The molecule has 0 unspecified atom stereocenters. The highest BCUT2D eigenvalue weighted by molar-refractivity contribution is 5.85. The molecule has 13 heavy (non-hydrogen) atoms. The first-order valence-corrected chi connectivity index (χ1v) is 5.08. The van der Waals surface area contributed by atoms with Crippen molar-refractivity contribution in [1.29, 1.82) is 5.41 Å². The molecule has 1 saturated carbocycles. The van der Waals surface area contributed by atoms with Gasteiger partial charge in [-0.3, -0.25) is 5.41 Å². The zero-order valence-corrected chi connectivity index (χ0v) is 9.20. The fraction of sp³-hybridized carbons (Fsp3) is 0.900. The molecule has 2 nitrogen and oxygen atoms in total. The van der Waals surface area contributed by atoms with Crippen LogP contribution in [0.1, 0.15) is 45.4 Å². The van der Waals surface area contributed by atoms with Crippen molar-refractivity contribution in [1.82, 2.24) is 0 Å². The van der Waals surface area contributed by atoms with Crippen LogP contribution in [0.3, 0.4) is 0 Å². The van der Waals surface area contributed by atoms with E-state index in [0.29, 0.717) is 11.8 Å². The second-order valence-corrected chi connectivity index (χ2v) is 3.96. The van der Waals surface area contributed by atoms with Crippen molar-refractivity contribution in [3.8, 4) is 0 Å². The summed E-state index contributed by atoms with van der Waals surface area (Å²) in [7, 11) is 0. The van der Waals surface area contributed by atoms with Gasteiger partial charge in [0.1, 0.15) is 0 Å². The van der Waals surface area contributed by atoms with E-state index in [-0.39, 0.29) is 12.4 Å². The summed E-state index contributed by atoms with van der Waals surface area (Å²) in [4.78, 5) is 0. The van der Waals surface area contributed by atoms with E-state index in [4.69, 9.17) is 11.1 Å². The number of nitrogens with two attached hydrogens (primary N) is 1. The number of hydrogen-bond acceptors (Lipinski definition) is 1. The van der Waals surface area contributed by atoms with Crippen molar-refractivity contribution in [2.24, 2.45) is 17.6 Å². The van der Waals surface area contributed by atoms with Crippen LogP contribution in [0.5, 0.6) is 0 Å². The molecule has 3 N–H and O–H groups in total. The molecular formula is C10H21ClN2. The summed E-state index contributed by atoms with van der Waals surface area (Å²) in [5, 5.41) is 7.33. The van der Waals surface area contributed by atoms with Gasteiger partial charge in [-0.25, -0.2) is 0 Å². The first-order chi connectivity index (χ1) is 5.74. The number of amidine groups is 1. The molecule has 0 aliphatic heterocycles. The first kappa shape index (κ1) is 12.8. The molecule has 1 aliphatic rings. The SMILES string of the molecule is CCC[C@H]1CC[C@H](C(=N)N)CC1.Cl. The molecule has 0 atom stereocenters. The van der Waals surface area contributed by atoms with Gasteiger partial charge >= 0.3 is 0 Å². The third kappa shape index (κ3) is 3.99. The van der Waals surface area contributed by atoms with Crippen molar-refractivity contribution < 1.29 is 0 Å². The number of halogens is 1. The van der Waals surface area contributed by atoms with Crippen LogP contribution in [-0.2, 0) is 0 Å². The molecule has 0 heterocycles. The Morgan fingerprint density at radius 1 is 1.31 bits per heavy atom. The fourth-order valence-corrected chi connectivity index (χ4v) is 2.17. The molecular weight excluding hydrogens is 184 g/mol. The van der Waals surface area contributed by atoms with Crippen molar-refractivity contribution in [3.63, 3.8) is 0 Å². The lowest BCUT2D eigenvalue weighted by molar-refractivity contribution is 0.303. The van der Waals surface area contributed by atoms with Gasteiger partial charge in [0, 0.05) is 5.92 Å². The molecule has 0 spiro atoms. The minimum atomic E-state index is 0. The van der Waals surface area contributed by atoms with Crippen LogP contribution in [0.4, 0.5) is 0 Å². The summed E-state index contributed by atoms with van der Waals surface area (Å²) in [6.45, 7) is 2.25. The van der Waals surface area contributed by atoms with Crippen LogP contribution in [0, 0.1) is 17.2 Å².